The molecule has 1 rings (SSSR count). The standard InChI is InChI=1S/C12H18N2O2/c1-14-12-7-10(16-2)3-4-11(12)9(8-13)5-6-15/h3-4,6-7,9,14H,5,8,13H2,1-2H3. The number of hydrogen-bond donors (Lipinski definition) is 2. The second-order valence-electron chi connectivity index (χ2n) is 3.54. The zero-order valence-corrected chi connectivity index (χ0v) is 9.69. The summed E-state index contributed by atoms with van der Waals surface area (Å²) in [5, 5.41) is 3.09. The fourth-order valence-corrected chi connectivity index (χ4v) is 1.70. The highest BCUT2D eigenvalue weighted by Crippen LogP contribution is 2.29. The van der Waals surface area contributed by atoms with E-state index in [1.54, 1.807) is 7.11 Å². The largest absolute Gasteiger partial charge is 0.497 e. The summed E-state index contributed by atoms with van der Waals surface area (Å²) in [4.78, 5) is 10.6. The Kier molecular flexibility index (Phi) is 4.79. The third kappa shape index (κ3) is 2.73. The van der Waals surface area contributed by atoms with Crippen molar-refractivity contribution in [2.45, 2.75) is 12.3 Å². The van der Waals surface area contributed by atoms with Crippen molar-refractivity contribution in [2.75, 3.05) is 26.0 Å². The van der Waals surface area contributed by atoms with Crippen LogP contribution in [0.3, 0.4) is 0 Å². The molecule has 1 atom stereocenters. The minimum atomic E-state index is 0.0610. The summed E-state index contributed by atoms with van der Waals surface area (Å²) in [5.74, 6) is 0.848. The van der Waals surface area contributed by atoms with Gasteiger partial charge in [-0.05, 0) is 18.2 Å². The molecule has 0 aromatic heterocycles. The monoisotopic (exact) mass is 222 g/mol. The molecule has 0 fully saturated rings. The molecule has 4 nitrogen and oxygen atoms in total. The van der Waals surface area contributed by atoms with E-state index >= 15 is 0 Å². The highest BCUT2D eigenvalue weighted by atomic mass is 16.5. The Labute approximate surface area is 95.8 Å². The second-order valence-corrected chi connectivity index (χ2v) is 3.54. The second kappa shape index (κ2) is 6.12. The topological polar surface area (TPSA) is 64.3 Å². The van der Waals surface area contributed by atoms with E-state index in [4.69, 9.17) is 10.5 Å². The minimum Gasteiger partial charge on any atom is -0.497 e. The lowest BCUT2D eigenvalue weighted by molar-refractivity contribution is -0.108. The fourth-order valence-electron chi connectivity index (χ4n) is 1.70. The van der Waals surface area contributed by atoms with E-state index < -0.39 is 0 Å². The van der Waals surface area contributed by atoms with Crippen LogP contribution in [0, 0.1) is 0 Å². The van der Waals surface area contributed by atoms with Gasteiger partial charge in [-0.15, -0.1) is 0 Å². The molecule has 1 unspecified atom stereocenters. The van der Waals surface area contributed by atoms with Gasteiger partial charge in [0, 0.05) is 31.1 Å². The molecule has 1 aromatic carbocycles. The van der Waals surface area contributed by atoms with Crippen LogP contribution in [0.4, 0.5) is 5.69 Å². The van der Waals surface area contributed by atoms with Gasteiger partial charge in [0.1, 0.15) is 12.0 Å². The number of nitrogens with two attached hydrogens (primary N) is 1. The van der Waals surface area contributed by atoms with Crippen LogP contribution in [-0.4, -0.2) is 27.0 Å². The van der Waals surface area contributed by atoms with Crippen LogP contribution in [-0.2, 0) is 4.79 Å². The molecule has 16 heavy (non-hydrogen) atoms. The maximum atomic E-state index is 10.6. The number of ether oxygens (including phenoxy) is 1. The van der Waals surface area contributed by atoms with Crippen molar-refractivity contribution < 1.29 is 9.53 Å². The lowest BCUT2D eigenvalue weighted by atomic mass is 9.94. The molecule has 88 valence electrons. The lowest BCUT2D eigenvalue weighted by Gasteiger charge is -2.17. The maximum absolute atomic E-state index is 10.6. The van der Waals surface area contributed by atoms with Crippen molar-refractivity contribution >= 4 is 12.0 Å². The highest BCUT2D eigenvalue weighted by molar-refractivity contribution is 5.59. The van der Waals surface area contributed by atoms with Gasteiger partial charge in [0.25, 0.3) is 0 Å². The Morgan fingerprint density at radius 1 is 1.56 bits per heavy atom. The molecule has 0 radical (unpaired) electrons. The zero-order valence-electron chi connectivity index (χ0n) is 9.69. The number of aldehydes is 1. The number of hydrogen-bond acceptors (Lipinski definition) is 4. The number of rotatable bonds is 6. The molecule has 0 spiro atoms. The van der Waals surface area contributed by atoms with Crippen LogP contribution in [0.25, 0.3) is 0 Å². The average molecular weight is 222 g/mol. The normalized spacial score (nSPS) is 11.9. The van der Waals surface area contributed by atoms with Crippen LogP contribution < -0.4 is 15.8 Å². The number of methoxy groups -OCH3 is 1. The van der Waals surface area contributed by atoms with E-state index in [-0.39, 0.29) is 5.92 Å². The van der Waals surface area contributed by atoms with E-state index in [0.717, 1.165) is 23.3 Å². The first-order valence-corrected chi connectivity index (χ1v) is 5.26. The van der Waals surface area contributed by atoms with E-state index in [1.165, 1.54) is 0 Å². The smallest absolute Gasteiger partial charge is 0.120 e. The highest BCUT2D eigenvalue weighted by Gasteiger charge is 2.13. The quantitative estimate of drug-likeness (QED) is 0.713. The van der Waals surface area contributed by atoms with Crippen LogP contribution in [0.1, 0.15) is 17.9 Å². The summed E-state index contributed by atoms with van der Waals surface area (Å²) in [6, 6.07) is 5.73. The predicted octanol–water partition coefficient (Wildman–Crippen LogP) is 1.37. The summed E-state index contributed by atoms with van der Waals surface area (Å²) in [5.41, 5.74) is 7.68. The molecular weight excluding hydrogens is 204 g/mol. The van der Waals surface area contributed by atoms with E-state index in [2.05, 4.69) is 5.32 Å². The Hall–Kier alpha value is -1.55. The molecule has 0 bridgehead atoms. The number of carbonyl (C=O) groups excluding carboxylic acids is 1. The van der Waals surface area contributed by atoms with Crippen LogP contribution >= 0.6 is 0 Å². The predicted molar refractivity (Wildman–Crippen MR) is 65.0 cm³/mol. The minimum absolute atomic E-state index is 0.0610. The van der Waals surface area contributed by atoms with Gasteiger partial charge in [-0.3, -0.25) is 0 Å². The summed E-state index contributed by atoms with van der Waals surface area (Å²) in [6.45, 7) is 0.458. The number of anilines is 1. The Balaban J connectivity index is 3.05. The van der Waals surface area contributed by atoms with E-state index in [1.807, 2.05) is 25.2 Å². The third-order valence-corrected chi connectivity index (χ3v) is 2.63. The summed E-state index contributed by atoms with van der Waals surface area (Å²) < 4.78 is 5.14. The number of carbonyl (C=O) groups is 1. The Morgan fingerprint density at radius 2 is 2.31 bits per heavy atom. The molecule has 0 saturated heterocycles. The van der Waals surface area contributed by atoms with Crippen LogP contribution in [0.2, 0.25) is 0 Å². The van der Waals surface area contributed by atoms with Gasteiger partial charge in [0.2, 0.25) is 0 Å². The summed E-state index contributed by atoms with van der Waals surface area (Å²) in [7, 11) is 3.47. The molecule has 4 heteroatoms. The van der Waals surface area contributed by atoms with Gasteiger partial charge < -0.3 is 20.6 Å². The van der Waals surface area contributed by atoms with Gasteiger partial charge >= 0.3 is 0 Å². The van der Waals surface area contributed by atoms with Crippen molar-refractivity contribution in [2.24, 2.45) is 5.73 Å². The van der Waals surface area contributed by atoms with Gasteiger partial charge in [0.05, 0.1) is 7.11 Å². The zero-order chi connectivity index (χ0) is 12.0. The average Bonchev–Trinajstić information content (AvgIpc) is 2.35. The van der Waals surface area contributed by atoms with Crippen molar-refractivity contribution in [3.8, 4) is 5.75 Å². The Morgan fingerprint density at radius 3 is 2.81 bits per heavy atom. The first kappa shape index (κ1) is 12.5. The molecule has 0 amide bonds. The molecule has 0 aliphatic carbocycles. The van der Waals surface area contributed by atoms with Crippen molar-refractivity contribution in [3.05, 3.63) is 23.8 Å². The van der Waals surface area contributed by atoms with Crippen LogP contribution in [0.5, 0.6) is 5.75 Å². The summed E-state index contributed by atoms with van der Waals surface area (Å²) >= 11 is 0. The first-order chi connectivity index (χ1) is 7.76. The van der Waals surface area contributed by atoms with E-state index in [0.29, 0.717) is 13.0 Å². The fraction of sp³-hybridized carbons (Fsp3) is 0.417. The third-order valence-electron chi connectivity index (χ3n) is 2.63. The molecule has 0 heterocycles. The van der Waals surface area contributed by atoms with Gasteiger partial charge in [-0.2, -0.15) is 0 Å². The molecule has 0 aliphatic rings. The number of benzene rings is 1. The SMILES string of the molecule is CNc1cc(OC)ccc1C(CN)CC=O. The first-order valence-electron chi connectivity index (χ1n) is 5.26. The molecule has 1 aromatic rings. The van der Waals surface area contributed by atoms with Crippen molar-refractivity contribution in [1.29, 1.82) is 0 Å². The number of nitrogens with one attached hydrogen (secondary N) is 1. The lowest BCUT2D eigenvalue weighted by Crippen LogP contribution is -2.14. The molecule has 0 aliphatic heterocycles. The van der Waals surface area contributed by atoms with E-state index in [9.17, 15) is 4.79 Å². The molecular formula is C12H18N2O2. The van der Waals surface area contributed by atoms with Gasteiger partial charge in [0.15, 0.2) is 0 Å². The van der Waals surface area contributed by atoms with Crippen molar-refractivity contribution in [3.63, 3.8) is 0 Å². The maximum Gasteiger partial charge on any atom is 0.120 e. The Bertz CT molecular complexity index is 353. The molecule has 0 saturated carbocycles. The van der Waals surface area contributed by atoms with Crippen LogP contribution in [0.15, 0.2) is 18.2 Å². The van der Waals surface area contributed by atoms with Gasteiger partial charge in [-0.1, -0.05) is 6.07 Å². The summed E-state index contributed by atoms with van der Waals surface area (Å²) in [6.07, 6.45) is 1.35. The van der Waals surface area contributed by atoms with Crippen molar-refractivity contribution in [1.82, 2.24) is 0 Å². The van der Waals surface area contributed by atoms with Gasteiger partial charge in [-0.25, -0.2) is 0 Å². The molecule has 3 N–H and O–H groups in total.